The number of hydrogen-bond donors (Lipinski definition) is 0. The Balaban J connectivity index is 1.74. The Morgan fingerprint density at radius 3 is 2.96 bits per heavy atom. The van der Waals surface area contributed by atoms with E-state index in [-0.39, 0.29) is 18.5 Å². The van der Waals surface area contributed by atoms with E-state index in [9.17, 15) is 4.79 Å². The Morgan fingerprint density at radius 2 is 2.30 bits per heavy atom. The van der Waals surface area contributed by atoms with Crippen LogP contribution in [0.5, 0.6) is 5.19 Å². The molecular formula is C14H14N6O2S. The summed E-state index contributed by atoms with van der Waals surface area (Å²) >= 11 is 1.27. The quantitative estimate of drug-likeness (QED) is 0.699. The van der Waals surface area contributed by atoms with Gasteiger partial charge >= 0.3 is 5.69 Å². The zero-order valence-corrected chi connectivity index (χ0v) is 13.2. The summed E-state index contributed by atoms with van der Waals surface area (Å²) in [4.78, 5) is 20.5. The van der Waals surface area contributed by atoms with Crippen LogP contribution < -0.4 is 10.4 Å². The number of aromatic nitrogens is 6. The number of hydrogen-bond acceptors (Lipinski definition) is 7. The second-order valence-corrected chi connectivity index (χ2v) is 6.13. The van der Waals surface area contributed by atoms with E-state index in [1.807, 2.05) is 6.07 Å². The van der Waals surface area contributed by atoms with Crippen molar-refractivity contribution in [2.75, 3.05) is 0 Å². The van der Waals surface area contributed by atoms with Crippen LogP contribution in [0.25, 0.3) is 5.82 Å². The Bertz CT molecular complexity index is 945. The monoisotopic (exact) mass is 332 g/mol. The second-order valence-electron chi connectivity index (χ2n) is 5.30. The molecule has 9 heteroatoms. The molecule has 1 aliphatic rings. The van der Waals surface area contributed by atoms with Crippen LogP contribution >= 0.6 is 11.3 Å². The van der Waals surface area contributed by atoms with Crippen LogP contribution in [0.2, 0.25) is 0 Å². The van der Waals surface area contributed by atoms with Crippen molar-refractivity contribution in [3.05, 3.63) is 45.4 Å². The summed E-state index contributed by atoms with van der Waals surface area (Å²) in [5, 5.41) is 9.65. The third-order valence-corrected chi connectivity index (χ3v) is 4.35. The molecular weight excluding hydrogens is 316 g/mol. The number of ether oxygens (including phenoxy) is 1. The van der Waals surface area contributed by atoms with E-state index in [1.165, 1.54) is 23.1 Å². The lowest BCUT2D eigenvalue weighted by Gasteiger charge is -2.12. The molecule has 3 heterocycles. The van der Waals surface area contributed by atoms with Gasteiger partial charge in [0.1, 0.15) is 6.61 Å². The van der Waals surface area contributed by atoms with Gasteiger partial charge in [0.2, 0.25) is 0 Å². The lowest BCUT2D eigenvalue weighted by atomic mass is 10.1. The topological polar surface area (TPSA) is 87.7 Å². The number of thiazole rings is 1. The summed E-state index contributed by atoms with van der Waals surface area (Å²) < 4.78 is 15.5. The molecule has 0 amide bonds. The predicted molar refractivity (Wildman–Crippen MR) is 82.8 cm³/mol. The maximum absolute atomic E-state index is 12.2. The highest BCUT2D eigenvalue weighted by Crippen LogP contribution is 2.42. The molecule has 1 aliphatic carbocycles. The fraction of sp³-hybridized carbons (Fsp3) is 0.357. The zero-order valence-electron chi connectivity index (χ0n) is 13.3. The average molecular weight is 332 g/mol. The standard InChI is InChI=1S/C14H14N6O2S/c1-19-14(21)20(18-17-19)12-11(8-22-13-16-6-7-23-13)10(4-5-15-12)9-2-3-9/h4-7,9H,2-3,8H2,1H3/i6T. The van der Waals surface area contributed by atoms with Crippen LogP contribution in [-0.4, -0.2) is 29.8 Å². The van der Waals surface area contributed by atoms with Crippen molar-refractivity contribution < 1.29 is 6.11 Å². The van der Waals surface area contributed by atoms with Gasteiger partial charge in [-0.25, -0.2) is 14.8 Å². The Hall–Kier alpha value is -2.55. The van der Waals surface area contributed by atoms with Gasteiger partial charge in [-0.15, -0.1) is 4.68 Å². The minimum Gasteiger partial charge on any atom is -0.465 e. The van der Waals surface area contributed by atoms with Crippen molar-refractivity contribution in [3.8, 4) is 11.0 Å². The zero-order chi connectivity index (χ0) is 16.7. The molecule has 4 rings (SSSR count). The fourth-order valence-electron chi connectivity index (χ4n) is 2.43. The van der Waals surface area contributed by atoms with E-state index in [0.29, 0.717) is 16.9 Å². The smallest absolute Gasteiger partial charge is 0.369 e. The Kier molecular flexibility index (Phi) is 3.14. The van der Waals surface area contributed by atoms with Crippen LogP contribution in [0.15, 0.2) is 28.6 Å². The number of aryl methyl sites for hydroxylation is 1. The molecule has 0 radical (unpaired) electrons. The van der Waals surface area contributed by atoms with E-state index in [4.69, 9.17) is 6.11 Å². The lowest BCUT2D eigenvalue weighted by Crippen LogP contribution is -2.24. The SMILES string of the molecule is [3H]c1csc(OCc2c(C3CC3)ccnc2-n2nnn(C)c2=O)n1. The molecule has 0 aliphatic heterocycles. The van der Waals surface area contributed by atoms with Gasteiger partial charge in [0.05, 0.1) is 1.37 Å². The molecule has 1 fully saturated rings. The maximum Gasteiger partial charge on any atom is 0.369 e. The molecule has 0 saturated heterocycles. The first kappa shape index (κ1) is 12.9. The van der Waals surface area contributed by atoms with Gasteiger partial charge in [0, 0.05) is 30.4 Å². The lowest BCUT2D eigenvalue weighted by molar-refractivity contribution is 0.302. The number of pyridine rings is 1. The van der Waals surface area contributed by atoms with E-state index in [1.54, 1.807) is 11.6 Å². The van der Waals surface area contributed by atoms with Gasteiger partial charge < -0.3 is 4.74 Å². The Morgan fingerprint density at radius 1 is 1.43 bits per heavy atom. The van der Waals surface area contributed by atoms with E-state index in [2.05, 4.69) is 20.4 Å². The van der Waals surface area contributed by atoms with Gasteiger partial charge in [-0.2, -0.15) is 4.68 Å². The molecule has 3 aromatic rings. The van der Waals surface area contributed by atoms with Crippen LogP contribution in [0, 0.1) is 0 Å². The van der Waals surface area contributed by atoms with E-state index >= 15 is 0 Å². The molecule has 3 aromatic heterocycles. The normalized spacial score (nSPS) is 14.7. The summed E-state index contributed by atoms with van der Waals surface area (Å²) in [6.07, 6.45) is 4.08. The predicted octanol–water partition coefficient (Wildman–Crippen LogP) is 1.27. The van der Waals surface area contributed by atoms with Gasteiger partial charge in [0.25, 0.3) is 5.19 Å². The van der Waals surface area contributed by atoms with Gasteiger partial charge in [-0.3, -0.25) is 0 Å². The highest BCUT2D eigenvalue weighted by atomic mass is 32.1. The molecule has 0 atom stereocenters. The van der Waals surface area contributed by atoms with Crippen LogP contribution in [0.4, 0.5) is 0 Å². The molecule has 0 aromatic carbocycles. The third kappa shape index (κ3) is 2.63. The molecule has 0 spiro atoms. The van der Waals surface area contributed by atoms with Crippen molar-refractivity contribution in [1.29, 1.82) is 0 Å². The largest absolute Gasteiger partial charge is 0.465 e. The van der Waals surface area contributed by atoms with E-state index in [0.717, 1.165) is 28.7 Å². The molecule has 0 N–H and O–H groups in total. The molecule has 118 valence electrons. The highest BCUT2D eigenvalue weighted by Gasteiger charge is 2.29. The first-order chi connectivity index (χ1) is 11.6. The second kappa shape index (κ2) is 5.58. The van der Waals surface area contributed by atoms with Crippen molar-refractivity contribution in [2.24, 2.45) is 7.05 Å². The summed E-state index contributed by atoms with van der Waals surface area (Å²) in [6.45, 7) is 0.213. The number of rotatable bonds is 5. The number of tetrazole rings is 1. The van der Waals surface area contributed by atoms with Crippen LogP contribution in [-0.2, 0) is 13.7 Å². The summed E-state index contributed by atoms with van der Waals surface area (Å²) in [5.41, 5.74) is 1.56. The van der Waals surface area contributed by atoms with Gasteiger partial charge in [-0.05, 0) is 40.8 Å². The van der Waals surface area contributed by atoms with E-state index < -0.39 is 0 Å². The summed E-state index contributed by atoms with van der Waals surface area (Å²) in [6, 6.07) is 1.96. The third-order valence-electron chi connectivity index (χ3n) is 3.72. The minimum absolute atomic E-state index is 0.175. The van der Waals surface area contributed by atoms with Gasteiger partial charge in [-0.1, -0.05) is 11.3 Å². The molecule has 23 heavy (non-hydrogen) atoms. The maximum atomic E-state index is 12.2. The Labute approximate surface area is 136 Å². The van der Waals surface area contributed by atoms with Crippen molar-refractivity contribution in [3.63, 3.8) is 0 Å². The molecule has 1 saturated carbocycles. The van der Waals surface area contributed by atoms with Crippen molar-refractivity contribution in [1.82, 2.24) is 29.8 Å². The van der Waals surface area contributed by atoms with Gasteiger partial charge in [0.15, 0.2) is 5.82 Å². The molecule has 8 nitrogen and oxygen atoms in total. The summed E-state index contributed by atoms with van der Waals surface area (Å²) in [5.74, 6) is 0.890. The van der Waals surface area contributed by atoms with Crippen molar-refractivity contribution in [2.45, 2.75) is 25.4 Å². The highest BCUT2D eigenvalue weighted by molar-refractivity contribution is 7.11. The minimum atomic E-state index is -0.362. The first-order valence-corrected chi connectivity index (χ1v) is 8.03. The number of nitrogens with zero attached hydrogens (tertiary/aromatic N) is 6. The molecule has 0 bridgehead atoms. The summed E-state index contributed by atoms with van der Waals surface area (Å²) in [7, 11) is 1.54. The first-order valence-electron chi connectivity index (χ1n) is 7.65. The molecule has 0 unspecified atom stereocenters. The van der Waals surface area contributed by atoms with Crippen LogP contribution in [0.1, 0.15) is 31.3 Å². The van der Waals surface area contributed by atoms with Crippen LogP contribution in [0.3, 0.4) is 0 Å². The van der Waals surface area contributed by atoms with Crippen molar-refractivity contribution >= 4 is 11.3 Å². The fourth-order valence-corrected chi connectivity index (χ4v) is 2.87. The average Bonchev–Trinajstić information content (AvgIpc) is 3.27.